The minimum atomic E-state index is -0.392. The minimum Gasteiger partial charge on any atom is -0.320 e. The highest BCUT2D eigenvalue weighted by molar-refractivity contribution is 5.98. The molecule has 108 valence electrons. The summed E-state index contributed by atoms with van der Waals surface area (Å²) >= 11 is 0. The Morgan fingerprint density at radius 2 is 2.10 bits per heavy atom. The largest absolute Gasteiger partial charge is 0.347 e. The molecule has 2 aromatic rings. The second kappa shape index (κ2) is 4.18. The highest BCUT2D eigenvalue weighted by Gasteiger charge is 2.40. The molecular weight excluding hydrogens is 274 g/mol. The van der Waals surface area contributed by atoms with E-state index in [1.807, 2.05) is 0 Å². The molecule has 1 saturated carbocycles. The third-order valence-electron chi connectivity index (χ3n) is 3.90. The summed E-state index contributed by atoms with van der Waals surface area (Å²) in [5.74, 6) is -0.256. The van der Waals surface area contributed by atoms with Gasteiger partial charge < -0.3 is 9.80 Å². The fraction of sp³-hybridized carbons (Fsp3) is 0.385. The highest BCUT2D eigenvalue weighted by Crippen LogP contribution is 2.29. The highest BCUT2D eigenvalue weighted by atomic mass is 16.2. The third kappa shape index (κ3) is 1.91. The standard InChI is InChI=1S/C13H13N5O3/c19-11-6-16(7-18(11)9-2-3-9)12(20)8-1-4-10-14-15-13(21)17(10)5-8/h1,4-5,9H,2-3,6-7H2,(H,15,21). The molecule has 0 aromatic carbocycles. The molecule has 1 N–H and O–H groups in total. The number of carbonyl (C=O) groups excluding carboxylic acids is 2. The lowest BCUT2D eigenvalue weighted by Crippen LogP contribution is -2.32. The molecule has 0 radical (unpaired) electrons. The number of aromatic amines is 1. The number of carbonyl (C=O) groups is 2. The molecule has 8 heteroatoms. The molecule has 0 bridgehead atoms. The second-order valence-electron chi connectivity index (χ2n) is 5.41. The van der Waals surface area contributed by atoms with Gasteiger partial charge in [-0.3, -0.25) is 9.59 Å². The number of amides is 2. The molecular formula is C13H13N5O3. The van der Waals surface area contributed by atoms with E-state index in [0.717, 1.165) is 12.8 Å². The van der Waals surface area contributed by atoms with Crippen molar-refractivity contribution in [2.75, 3.05) is 13.2 Å². The van der Waals surface area contributed by atoms with Crippen LogP contribution < -0.4 is 5.69 Å². The van der Waals surface area contributed by atoms with Crippen molar-refractivity contribution in [2.45, 2.75) is 18.9 Å². The van der Waals surface area contributed by atoms with Crippen molar-refractivity contribution in [2.24, 2.45) is 0 Å². The first-order valence-electron chi connectivity index (χ1n) is 6.79. The maximum atomic E-state index is 12.5. The number of pyridine rings is 1. The van der Waals surface area contributed by atoms with E-state index in [1.165, 1.54) is 15.5 Å². The van der Waals surface area contributed by atoms with Gasteiger partial charge in [0.1, 0.15) is 6.54 Å². The monoisotopic (exact) mass is 287 g/mol. The first-order valence-corrected chi connectivity index (χ1v) is 6.79. The number of fused-ring (bicyclic) bond motifs is 1. The fourth-order valence-corrected chi connectivity index (χ4v) is 2.62. The topological polar surface area (TPSA) is 90.8 Å². The number of aromatic nitrogens is 3. The molecule has 21 heavy (non-hydrogen) atoms. The van der Waals surface area contributed by atoms with Gasteiger partial charge in [0, 0.05) is 12.2 Å². The van der Waals surface area contributed by atoms with Gasteiger partial charge in [-0.15, -0.1) is 0 Å². The Hall–Kier alpha value is -2.64. The van der Waals surface area contributed by atoms with Crippen LogP contribution in [-0.2, 0) is 4.79 Å². The predicted octanol–water partition coefficient (Wildman–Crippen LogP) is -0.573. The summed E-state index contributed by atoms with van der Waals surface area (Å²) in [6.07, 6.45) is 3.49. The summed E-state index contributed by atoms with van der Waals surface area (Å²) < 4.78 is 1.28. The van der Waals surface area contributed by atoms with Gasteiger partial charge >= 0.3 is 5.69 Å². The van der Waals surface area contributed by atoms with E-state index in [0.29, 0.717) is 23.9 Å². The van der Waals surface area contributed by atoms with Gasteiger partial charge in [-0.1, -0.05) is 0 Å². The number of nitrogens with zero attached hydrogens (tertiary/aromatic N) is 4. The van der Waals surface area contributed by atoms with Crippen LogP contribution in [0.5, 0.6) is 0 Å². The summed E-state index contributed by atoms with van der Waals surface area (Å²) in [6.45, 7) is 0.439. The van der Waals surface area contributed by atoms with E-state index in [1.54, 1.807) is 17.0 Å². The van der Waals surface area contributed by atoms with E-state index in [2.05, 4.69) is 10.2 Å². The van der Waals surface area contributed by atoms with Crippen LogP contribution in [0.1, 0.15) is 23.2 Å². The van der Waals surface area contributed by atoms with E-state index in [9.17, 15) is 14.4 Å². The number of hydrogen-bond acceptors (Lipinski definition) is 4. The summed E-state index contributed by atoms with van der Waals surface area (Å²) in [6, 6.07) is 3.51. The molecule has 3 heterocycles. The fourth-order valence-electron chi connectivity index (χ4n) is 2.62. The van der Waals surface area contributed by atoms with Crippen molar-refractivity contribution in [1.82, 2.24) is 24.4 Å². The average Bonchev–Trinajstić information content (AvgIpc) is 3.17. The van der Waals surface area contributed by atoms with Gasteiger partial charge in [0.15, 0.2) is 5.65 Å². The summed E-state index contributed by atoms with van der Waals surface area (Å²) in [4.78, 5) is 39.1. The first kappa shape index (κ1) is 12.1. The van der Waals surface area contributed by atoms with Crippen LogP contribution in [0.25, 0.3) is 5.65 Å². The molecule has 4 rings (SSSR count). The van der Waals surface area contributed by atoms with Gasteiger partial charge in [0.05, 0.1) is 12.2 Å². The first-order chi connectivity index (χ1) is 10.1. The summed E-state index contributed by atoms with van der Waals surface area (Å²) in [7, 11) is 0. The van der Waals surface area contributed by atoms with E-state index in [4.69, 9.17) is 0 Å². The molecule has 1 saturated heterocycles. The van der Waals surface area contributed by atoms with Crippen molar-refractivity contribution >= 4 is 17.5 Å². The third-order valence-corrected chi connectivity index (χ3v) is 3.90. The Morgan fingerprint density at radius 3 is 2.86 bits per heavy atom. The second-order valence-corrected chi connectivity index (χ2v) is 5.41. The zero-order chi connectivity index (χ0) is 14.6. The van der Waals surface area contributed by atoms with Crippen LogP contribution >= 0.6 is 0 Å². The van der Waals surface area contributed by atoms with Crippen molar-refractivity contribution in [3.05, 3.63) is 34.4 Å². The van der Waals surface area contributed by atoms with Gasteiger partial charge in [-0.05, 0) is 25.0 Å². The minimum absolute atomic E-state index is 0.00703. The Kier molecular flexibility index (Phi) is 2.41. The van der Waals surface area contributed by atoms with Gasteiger partial charge in [-0.25, -0.2) is 14.3 Å². The van der Waals surface area contributed by atoms with Crippen LogP contribution in [0.15, 0.2) is 23.1 Å². The smallest absolute Gasteiger partial charge is 0.320 e. The molecule has 2 aliphatic rings. The summed E-state index contributed by atoms with van der Waals surface area (Å²) in [5.41, 5.74) is 0.432. The van der Waals surface area contributed by atoms with E-state index in [-0.39, 0.29) is 18.4 Å². The zero-order valence-corrected chi connectivity index (χ0v) is 11.2. The Labute approximate surface area is 119 Å². The molecule has 2 amide bonds. The number of rotatable bonds is 2. The van der Waals surface area contributed by atoms with Crippen LogP contribution in [0.3, 0.4) is 0 Å². The molecule has 8 nitrogen and oxygen atoms in total. The Bertz CT molecular complexity index is 803. The molecule has 2 fully saturated rings. The molecule has 0 atom stereocenters. The lowest BCUT2D eigenvalue weighted by Gasteiger charge is -2.17. The van der Waals surface area contributed by atoms with Crippen LogP contribution in [0.4, 0.5) is 0 Å². The van der Waals surface area contributed by atoms with Crippen LogP contribution in [0, 0.1) is 0 Å². The molecule has 1 aliphatic heterocycles. The summed E-state index contributed by atoms with van der Waals surface area (Å²) in [5, 5.41) is 6.13. The van der Waals surface area contributed by atoms with Crippen molar-refractivity contribution in [3.8, 4) is 0 Å². The number of H-pyrrole nitrogens is 1. The maximum Gasteiger partial charge on any atom is 0.347 e. The van der Waals surface area contributed by atoms with Crippen molar-refractivity contribution in [1.29, 1.82) is 0 Å². The molecule has 1 aliphatic carbocycles. The molecule has 0 spiro atoms. The predicted molar refractivity (Wildman–Crippen MR) is 71.6 cm³/mol. The van der Waals surface area contributed by atoms with Gasteiger partial charge in [-0.2, -0.15) is 5.10 Å². The van der Waals surface area contributed by atoms with E-state index < -0.39 is 5.69 Å². The Morgan fingerprint density at radius 1 is 1.29 bits per heavy atom. The van der Waals surface area contributed by atoms with E-state index >= 15 is 0 Å². The molecule has 2 aromatic heterocycles. The maximum absolute atomic E-state index is 12.5. The Balaban J connectivity index is 1.62. The lowest BCUT2D eigenvalue weighted by molar-refractivity contribution is -0.127. The van der Waals surface area contributed by atoms with Crippen LogP contribution in [0.2, 0.25) is 0 Å². The van der Waals surface area contributed by atoms with Gasteiger partial charge in [0.25, 0.3) is 5.91 Å². The van der Waals surface area contributed by atoms with Crippen molar-refractivity contribution < 1.29 is 9.59 Å². The zero-order valence-electron chi connectivity index (χ0n) is 11.2. The number of hydrogen-bond donors (Lipinski definition) is 1. The normalized spacial score (nSPS) is 18.8. The van der Waals surface area contributed by atoms with Gasteiger partial charge in [0.2, 0.25) is 5.91 Å². The quantitative estimate of drug-likeness (QED) is 0.800. The molecule has 0 unspecified atom stereocenters. The van der Waals surface area contributed by atoms with Crippen LogP contribution in [-0.4, -0.2) is 55.5 Å². The number of nitrogens with one attached hydrogen (secondary N) is 1. The average molecular weight is 287 g/mol. The lowest BCUT2D eigenvalue weighted by atomic mass is 10.2. The van der Waals surface area contributed by atoms with Crippen molar-refractivity contribution in [3.63, 3.8) is 0 Å². The SMILES string of the molecule is O=C(c1ccc2n[nH]c(=O)n2c1)N1CC(=O)N(C2CC2)C1.